The molecule has 2 N–H and O–H groups in total. The summed E-state index contributed by atoms with van der Waals surface area (Å²) in [4.78, 5) is 16.1. The van der Waals surface area contributed by atoms with Crippen LogP contribution in [0.25, 0.3) is 0 Å². The van der Waals surface area contributed by atoms with Crippen LogP contribution in [0.15, 0.2) is 29.6 Å². The highest BCUT2D eigenvalue weighted by Gasteiger charge is 2.10. The third-order valence-electron chi connectivity index (χ3n) is 2.71. The molecule has 1 heterocycles. The van der Waals surface area contributed by atoms with Crippen LogP contribution in [-0.4, -0.2) is 31.0 Å². The maximum absolute atomic E-state index is 12.8. The highest BCUT2D eigenvalue weighted by Crippen LogP contribution is 2.15. The van der Waals surface area contributed by atoms with Crippen LogP contribution in [0.2, 0.25) is 0 Å². The molecule has 0 saturated carbocycles. The topological polar surface area (TPSA) is 54.0 Å². The standard InChI is InChI=1S/C14H16FN3OS/c1-16-6-7-17-14(19)12-9-20-13(18-12)8-10-2-4-11(15)5-3-10/h2-5,9,16H,6-8H2,1H3,(H,17,19). The second kappa shape index (κ2) is 7.12. The Morgan fingerprint density at radius 2 is 2.05 bits per heavy atom. The molecule has 0 bridgehead atoms. The van der Waals surface area contributed by atoms with Gasteiger partial charge in [0.05, 0.1) is 5.01 Å². The molecule has 0 radical (unpaired) electrons. The summed E-state index contributed by atoms with van der Waals surface area (Å²) in [7, 11) is 1.83. The lowest BCUT2D eigenvalue weighted by atomic mass is 10.1. The van der Waals surface area contributed by atoms with E-state index in [1.165, 1.54) is 23.5 Å². The van der Waals surface area contributed by atoms with E-state index in [2.05, 4.69) is 15.6 Å². The number of nitrogens with one attached hydrogen (secondary N) is 2. The third-order valence-corrected chi connectivity index (χ3v) is 3.56. The van der Waals surface area contributed by atoms with Gasteiger partial charge in [0.2, 0.25) is 0 Å². The fourth-order valence-electron chi connectivity index (χ4n) is 1.66. The van der Waals surface area contributed by atoms with Gasteiger partial charge in [-0.2, -0.15) is 0 Å². The van der Waals surface area contributed by atoms with Crippen molar-refractivity contribution in [1.29, 1.82) is 0 Å². The SMILES string of the molecule is CNCCNC(=O)c1csc(Cc2ccc(F)cc2)n1. The van der Waals surface area contributed by atoms with E-state index < -0.39 is 0 Å². The number of hydrogen-bond donors (Lipinski definition) is 2. The quantitative estimate of drug-likeness (QED) is 0.799. The molecule has 0 fully saturated rings. The van der Waals surface area contributed by atoms with E-state index >= 15 is 0 Å². The molecule has 20 heavy (non-hydrogen) atoms. The van der Waals surface area contributed by atoms with Gasteiger partial charge in [-0.3, -0.25) is 4.79 Å². The number of nitrogens with zero attached hydrogens (tertiary/aromatic N) is 1. The van der Waals surface area contributed by atoms with Gasteiger partial charge >= 0.3 is 0 Å². The first kappa shape index (κ1) is 14.6. The van der Waals surface area contributed by atoms with Crippen LogP contribution in [0.4, 0.5) is 4.39 Å². The molecule has 0 saturated heterocycles. The summed E-state index contributed by atoms with van der Waals surface area (Å²) in [6, 6.07) is 6.30. The van der Waals surface area contributed by atoms with Crippen LogP contribution in [0.3, 0.4) is 0 Å². The van der Waals surface area contributed by atoms with Crippen molar-refractivity contribution >= 4 is 17.2 Å². The van der Waals surface area contributed by atoms with Crippen molar-refractivity contribution in [2.24, 2.45) is 0 Å². The third kappa shape index (κ3) is 4.11. The second-order valence-corrected chi connectivity index (χ2v) is 5.23. The number of rotatable bonds is 6. The summed E-state index contributed by atoms with van der Waals surface area (Å²) in [5.41, 5.74) is 1.41. The maximum Gasteiger partial charge on any atom is 0.270 e. The molecule has 2 rings (SSSR count). The molecule has 6 heteroatoms. The Morgan fingerprint density at radius 1 is 1.30 bits per heavy atom. The van der Waals surface area contributed by atoms with Crippen molar-refractivity contribution in [3.05, 3.63) is 51.7 Å². The van der Waals surface area contributed by atoms with Gasteiger partial charge < -0.3 is 10.6 Å². The van der Waals surface area contributed by atoms with E-state index in [1.807, 2.05) is 7.05 Å². The summed E-state index contributed by atoms with van der Waals surface area (Å²) >= 11 is 1.43. The van der Waals surface area contributed by atoms with Crippen LogP contribution in [-0.2, 0) is 6.42 Å². The highest BCUT2D eigenvalue weighted by molar-refractivity contribution is 7.09. The number of likely N-dealkylation sites (N-methyl/N-ethyl adjacent to an activating group) is 1. The predicted molar refractivity (Wildman–Crippen MR) is 77.6 cm³/mol. The summed E-state index contributed by atoms with van der Waals surface area (Å²) in [5, 5.41) is 8.32. The lowest BCUT2D eigenvalue weighted by molar-refractivity contribution is 0.0949. The molecule has 2 aromatic rings. The number of hydrogen-bond acceptors (Lipinski definition) is 4. The Labute approximate surface area is 121 Å². The largest absolute Gasteiger partial charge is 0.349 e. The number of thiazole rings is 1. The van der Waals surface area contributed by atoms with Gasteiger partial charge in [-0.1, -0.05) is 12.1 Å². The molecule has 106 valence electrons. The Hall–Kier alpha value is -1.79. The number of halogens is 1. The Kier molecular flexibility index (Phi) is 5.20. The molecule has 1 aromatic carbocycles. The first-order chi connectivity index (χ1) is 9.69. The fraction of sp³-hybridized carbons (Fsp3) is 0.286. The predicted octanol–water partition coefficient (Wildman–Crippen LogP) is 1.82. The van der Waals surface area contributed by atoms with Gasteiger partial charge in [0.1, 0.15) is 11.5 Å². The van der Waals surface area contributed by atoms with E-state index in [9.17, 15) is 9.18 Å². The zero-order valence-electron chi connectivity index (χ0n) is 11.1. The molecule has 0 aliphatic heterocycles. The lowest BCUT2D eigenvalue weighted by Gasteiger charge is -2.01. The smallest absolute Gasteiger partial charge is 0.270 e. The van der Waals surface area contributed by atoms with E-state index in [0.717, 1.165) is 17.1 Å². The highest BCUT2D eigenvalue weighted by atomic mass is 32.1. The summed E-state index contributed by atoms with van der Waals surface area (Å²) in [6.07, 6.45) is 0.606. The van der Waals surface area contributed by atoms with Crippen molar-refractivity contribution in [2.75, 3.05) is 20.1 Å². The Bertz CT molecular complexity index is 568. The minimum absolute atomic E-state index is 0.165. The van der Waals surface area contributed by atoms with Crippen LogP contribution >= 0.6 is 11.3 Å². The number of carbonyl (C=O) groups excluding carboxylic acids is 1. The average molecular weight is 293 g/mol. The van der Waals surface area contributed by atoms with Crippen molar-refractivity contribution in [3.8, 4) is 0 Å². The number of amides is 1. The van der Waals surface area contributed by atoms with Gasteiger partial charge in [-0.05, 0) is 24.7 Å². The normalized spacial score (nSPS) is 10.5. The van der Waals surface area contributed by atoms with Crippen LogP contribution < -0.4 is 10.6 Å². The summed E-state index contributed by atoms with van der Waals surface area (Å²) < 4.78 is 12.8. The minimum Gasteiger partial charge on any atom is -0.349 e. The molecule has 0 unspecified atom stereocenters. The van der Waals surface area contributed by atoms with Gasteiger partial charge in [-0.25, -0.2) is 9.37 Å². The molecular formula is C14H16FN3OS. The number of carbonyl (C=O) groups is 1. The molecular weight excluding hydrogens is 277 g/mol. The summed E-state index contributed by atoms with van der Waals surface area (Å²) in [6.45, 7) is 1.29. The van der Waals surface area contributed by atoms with E-state index in [4.69, 9.17) is 0 Å². The van der Waals surface area contributed by atoms with Gasteiger partial charge in [0, 0.05) is 24.9 Å². The van der Waals surface area contributed by atoms with Crippen LogP contribution in [0, 0.1) is 5.82 Å². The zero-order valence-corrected chi connectivity index (χ0v) is 12.0. The minimum atomic E-state index is -0.252. The molecule has 4 nitrogen and oxygen atoms in total. The first-order valence-electron chi connectivity index (χ1n) is 6.30. The zero-order chi connectivity index (χ0) is 14.4. The Morgan fingerprint density at radius 3 is 2.75 bits per heavy atom. The fourth-order valence-corrected chi connectivity index (χ4v) is 2.47. The van der Waals surface area contributed by atoms with E-state index in [-0.39, 0.29) is 11.7 Å². The molecule has 0 aliphatic carbocycles. The van der Waals surface area contributed by atoms with Crippen molar-refractivity contribution in [3.63, 3.8) is 0 Å². The molecule has 0 spiro atoms. The summed E-state index contributed by atoms with van der Waals surface area (Å²) in [5.74, 6) is -0.417. The van der Waals surface area contributed by atoms with E-state index in [0.29, 0.717) is 18.7 Å². The van der Waals surface area contributed by atoms with Gasteiger partial charge in [0.15, 0.2) is 0 Å². The Balaban J connectivity index is 1.94. The molecule has 1 amide bonds. The average Bonchev–Trinajstić information content (AvgIpc) is 2.90. The second-order valence-electron chi connectivity index (χ2n) is 4.29. The molecule has 0 aliphatic rings. The first-order valence-corrected chi connectivity index (χ1v) is 7.18. The van der Waals surface area contributed by atoms with Crippen LogP contribution in [0.5, 0.6) is 0 Å². The van der Waals surface area contributed by atoms with Gasteiger partial charge in [0.25, 0.3) is 5.91 Å². The number of benzene rings is 1. The molecule has 0 atom stereocenters. The molecule has 1 aromatic heterocycles. The van der Waals surface area contributed by atoms with Gasteiger partial charge in [-0.15, -0.1) is 11.3 Å². The lowest BCUT2D eigenvalue weighted by Crippen LogP contribution is -2.30. The monoisotopic (exact) mass is 293 g/mol. The van der Waals surface area contributed by atoms with Crippen molar-refractivity contribution in [2.45, 2.75) is 6.42 Å². The maximum atomic E-state index is 12.8. The number of aromatic nitrogens is 1. The van der Waals surface area contributed by atoms with Crippen molar-refractivity contribution < 1.29 is 9.18 Å². The van der Waals surface area contributed by atoms with Crippen LogP contribution in [0.1, 0.15) is 21.1 Å². The van der Waals surface area contributed by atoms with Crippen molar-refractivity contribution in [1.82, 2.24) is 15.6 Å². The van der Waals surface area contributed by atoms with E-state index in [1.54, 1.807) is 17.5 Å².